The van der Waals surface area contributed by atoms with Crippen molar-refractivity contribution in [2.24, 2.45) is 5.84 Å². The molecule has 0 saturated heterocycles. The summed E-state index contributed by atoms with van der Waals surface area (Å²) in [4.78, 5) is 0. The summed E-state index contributed by atoms with van der Waals surface area (Å²) in [6.45, 7) is -0.813. The molecule has 0 amide bonds. The molecule has 0 heterocycles. The molecule has 21 heavy (non-hydrogen) atoms. The van der Waals surface area contributed by atoms with Crippen LogP contribution in [0, 0.1) is 0 Å². The molecule has 0 fully saturated rings. The molecule has 120 valence electrons. The van der Waals surface area contributed by atoms with Crippen molar-refractivity contribution in [1.82, 2.24) is 5.43 Å². The van der Waals surface area contributed by atoms with Gasteiger partial charge in [-0.05, 0) is 6.07 Å². The Morgan fingerprint density at radius 3 is 2.57 bits per heavy atom. The standard InChI is InChI=1S/C13H19F3N2O3/c1-19-6-7-21-12-5-3-2-4-10(12)11(18-17)8-20-9-13(14,15)16/h2-5,11,18H,6-9,17H2,1H3. The molecule has 0 saturated carbocycles. The van der Waals surface area contributed by atoms with E-state index in [2.05, 4.69) is 10.2 Å². The van der Waals surface area contributed by atoms with Crippen LogP contribution in [0.5, 0.6) is 5.75 Å². The molecule has 0 aliphatic rings. The van der Waals surface area contributed by atoms with Crippen molar-refractivity contribution in [2.45, 2.75) is 12.2 Å². The molecule has 0 aromatic heterocycles. The van der Waals surface area contributed by atoms with Gasteiger partial charge in [0.25, 0.3) is 0 Å². The van der Waals surface area contributed by atoms with Gasteiger partial charge in [-0.3, -0.25) is 11.3 Å². The molecule has 0 spiro atoms. The number of hydrogen-bond donors (Lipinski definition) is 2. The Bertz CT molecular complexity index is 416. The van der Waals surface area contributed by atoms with E-state index in [1.165, 1.54) is 0 Å². The van der Waals surface area contributed by atoms with Crippen LogP contribution in [-0.2, 0) is 9.47 Å². The lowest BCUT2D eigenvalue weighted by atomic mass is 10.1. The van der Waals surface area contributed by atoms with Crippen molar-refractivity contribution in [3.8, 4) is 5.75 Å². The van der Waals surface area contributed by atoms with Crippen molar-refractivity contribution < 1.29 is 27.4 Å². The van der Waals surface area contributed by atoms with E-state index in [-0.39, 0.29) is 6.61 Å². The highest BCUT2D eigenvalue weighted by Gasteiger charge is 2.28. The van der Waals surface area contributed by atoms with Crippen molar-refractivity contribution in [3.05, 3.63) is 29.8 Å². The van der Waals surface area contributed by atoms with Crippen LogP contribution in [0.4, 0.5) is 13.2 Å². The summed E-state index contributed by atoms with van der Waals surface area (Å²) in [5, 5.41) is 0. The summed E-state index contributed by atoms with van der Waals surface area (Å²) < 4.78 is 51.3. The van der Waals surface area contributed by atoms with E-state index in [0.717, 1.165) is 0 Å². The molecule has 1 aromatic rings. The van der Waals surface area contributed by atoms with E-state index in [0.29, 0.717) is 24.5 Å². The molecule has 1 atom stereocenters. The molecule has 0 aliphatic carbocycles. The summed E-state index contributed by atoms with van der Waals surface area (Å²) in [6.07, 6.45) is -4.37. The maximum absolute atomic E-state index is 12.1. The third kappa shape index (κ3) is 6.76. The van der Waals surface area contributed by atoms with Gasteiger partial charge in [0.1, 0.15) is 19.0 Å². The lowest BCUT2D eigenvalue weighted by Crippen LogP contribution is -2.33. The molecule has 0 aliphatic heterocycles. The van der Waals surface area contributed by atoms with Crippen molar-refractivity contribution in [1.29, 1.82) is 0 Å². The van der Waals surface area contributed by atoms with Gasteiger partial charge in [-0.1, -0.05) is 18.2 Å². The van der Waals surface area contributed by atoms with Gasteiger partial charge >= 0.3 is 6.18 Å². The second-order valence-electron chi connectivity index (χ2n) is 4.23. The van der Waals surface area contributed by atoms with Crippen LogP contribution in [0.1, 0.15) is 11.6 Å². The van der Waals surface area contributed by atoms with E-state index in [4.69, 9.17) is 15.3 Å². The predicted octanol–water partition coefficient (Wildman–Crippen LogP) is 1.80. The third-order valence-corrected chi connectivity index (χ3v) is 2.59. The van der Waals surface area contributed by atoms with E-state index in [9.17, 15) is 13.2 Å². The number of para-hydroxylation sites is 1. The van der Waals surface area contributed by atoms with Gasteiger partial charge < -0.3 is 14.2 Å². The Kier molecular flexibility index (Phi) is 7.44. The van der Waals surface area contributed by atoms with Crippen molar-refractivity contribution in [2.75, 3.05) is 33.5 Å². The fourth-order valence-electron chi connectivity index (χ4n) is 1.65. The maximum Gasteiger partial charge on any atom is 0.411 e. The Hall–Kier alpha value is -1.35. The minimum Gasteiger partial charge on any atom is -0.491 e. The summed E-state index contributed by atoms with van der Waals surface area (Å²) in [7, 11) is 1.55. The van der Waals surface area contributed by atoms with Crippen molar-refractivity contribution >= 4 is 0 Å². The van der Waals surface area contributed by atoms with Gasteiger partial charge in [-0.15, -0.1) is 0 Å². The van der Waals surface area contributed by atoms with Gasteiger partial charge in [-0.25, -0.2) is 0 Å². The SMILES string of the molecule is COCCOc1ccccc1C(COCC(F)(F)F)NN. The van der Waals surface area contributed by atoms with Gasteiger partial charge in [0.15, 0.2) is 0 Å². The number of ether oxygens (including phenoxy) is 3. The summed E-state index contributed by atoms with van der Waals surface area (Å²) in [5.74, 6) is 5.91. The average Bonchev–Trinajstić information content (AvgIpc) is 2.44. The second kappa shape index (κ2) is 8.83. The summed E-state index contributed by atoms with van der Waals surface area (Å²) in [6, 6.07) is 6.32. The number of nitrogens with two attached hydrogens (primary N) is 1. The Morgan fingerprint density at radius 2 is 1.95 bits per heavy atom. The molecular formula is C13H19F3N2O3. The van der Waals surface area contributed by atoms with Crippen LogP contribution in [0.25, 0.3) is 0 Å². The molecule has 1 rings (SSSR count). The highest BCUT2D eigenvalue weighted by molar-refractivity contribution is 5.36. The minimum atomic E-state index is -4.37. The molecule has 3 N–H and O–H groups in total. The van der Waals surface area contributed by atoms with Gasteiger partial charge in [-0.2, -0.15) is 13.2 Å². The fraction of sp³-hybridized carbons (Fsp3) is 0.538. The van der Waals surface area contributed by atoms with Gasteiger partial charge in [0.05, 0.1) is 19.3 Å². The molecule has 5 nitrogen and oxygen atoms in total. The molecular weight excluding hydrogens is 289 g/mol. The number of hydrogen-bond acceptors (Lipinski definition) is 5. The smallest absolute Gasteiger partial charge is 0.411 e. The molecule has 1 aromatic carbocycles. The highest BCUT2D eigenvalue weighted by atomic mass is 19.4. The lowest BCUT2D eigenvalue weighted by molar-refractivity contribution is -0.175. The Morgan fingerprint density at radius 1 is 1.24 bits per heavy atom. The van der Waals surface area contributed by atoms with Crippen LogP contribution in [0.3, 0.4) is 0 Å². The van der Waals surface area contributed by atoms with E-state index < -0.39 is 18.8 Å². The van der Waals surface area contributed by atoms with Crippen molar-refractivity contribution in [3.63, 3.8) is 0 Å². The summed E-state index contributed by atoms with van der Waals surface area (Å²) >= 11 is 0. The quantitative estimate of drug-likeness (QED) is 0.414. The number of rotatable bonds is 9. The van der Waals surface area contributed by atoms with Crippen LogP contribution in [0.2, 0.25) is 0 Å². The fourth-order valence-corrected chi connectivity index (χ4v) is 1.65. The normalized spacial score (nSPS) is 13.2. The van der Waals surface area contributed by atoms with Gasteiger partial charge in [0, 0.05) is 12.7 Å². The predicted molar refractivity (Wildman–Crippen MR) is 70.8 cm³/mol. The number of alkyl halides is 3. The van der Waals surface area contributed by atoms with Crippen LogP contribution in [-0.4, -0.2) is 39.7 Å². The Labute approximate surface area is 121 Å². The molecule has 1 unspecified atom stereocenters. The Balaban J connectivity index is 2.66. The zero-order valence-corrected chi connectivity index (χ0v) is 11.7. The van der Waals surface area contributed by atoms with E-state index in [1.54, 1.807) is 31.4 Å². The average molecular weight is 308 g/mol. The summed E-state index contributed by atoms with van der Waals surface area (Å²) in [5.41, 5.74) is 3.06. The molecule has 8 heteroatoms. The third-order valence-electron chi connectivity index (χ3n) is 2.59. The number of hydrazine groups is 1. The van der Waals surface area contributed by atoms with Crippen LogP contribution < -0.4 is 16.0 Å². The first kappa shape index (κ1) is 17.7. The van der Waals surface area contributed by atoms with Gasteiger partial charge in [0.2, 0.25) is 0 Å². The van der Waals surface area contributed by atoms with Crippen LogP contribution in [0.15, 0.2) is 24.3 Å². The first-order valence-corrected chi connectivity index (χ1v) is 6.29. The minimum absolute atomic E-state index is 0.222. The maximum atomic E-state index is 12.1. The monoisotopic (exact) mass is 308 g/mol. The van der Waals surface area contributed by atoms with Crippen LogP contribution >= 0.6 is 0 Å². The molecule has 0 radical (unpaired) electrons. The topological polar surface area (TPSA) is 65.7 Å². The highest BCUT2D eigenvalue weighted by Crippen LogP contribution is 2.25. The first-order chi connectivity index (χ1) is 9.98. The number of nitrogens with one attached hydrogen (secondary N) is 1. The van der Waals surface area contributed by atoms with E-state index >= 15 is 0 Å². The second-order valence-corrected chi connectivity index (χ2v) is 4.23. The largest absolute Gasteiger partial charge is 0.491 e. The number of benzene rings is 1. The number of methoxy groups -OCH3 is 1. The zero-order chi connectivity index (χ0) is 15.7. The lowest BCUT2D eigenvalue weighted by Gasteiger charge is -2.20. The molecule has 0 bridgehead atoms. The zero-order valence-electron chi connectivity index (χ0n) is 11.7. The van der Waals surface area contributed by atoms with E-state index in [1.807, 2.05) is 0 Å². The first-order valence-electron chi connectivity index (χ1n) is 6.29. The number of halogens is 3.